The summed E-state index contributed by atoms with van der Waals surface area (Å²) >= 11 is 0. The first-order chi connectivity index (χ1) is 14.0. The fourth-order valence-corrected chi connectivity index (χ4v) is 5.03. The summed E-state index contributed by atoms with van der Waals surface area (Å²) in [5.41, 5.74) is 0.519. The van der Waals surface area contributed by atoms with Gasteiger partial charge in [0, 0.05) is 0 Å². The summed E-state index contributed by atoms with van der Waals surface area (Å²) in [4.78, 5) is 0. The molecule has 1 nitrogen and oxygen atoms in total. The molecule has 0 amide bonds. The lowest BCUT2D eigenvalue weighted by atomic mass is 9.69. The van der Waals surface area contributed by atoms with Crippen LogP contribution in [0, 0.1) is 11.8 Å². The van der Waals surface area contributed by atoms with Gasteiger partial charge >= 0.3 is 6.18 Å². The van der Waals surface area contributed by atoms with E-state index in [1.165, 1.54) is 37.8 Å². The highest BCUT2D eigenvalue weighted by molar-refractivity contribution is 5.27. The van der Waals surface area contributed by atoms with Crippen LogP contribution in [0.1, 0.15) is 75.3 Å². The Morgan fingerprint density at radius 3 is 2.00 bits per heavy atom. The molecule has 1 aromatic carbocycles. The molecule has 160 valence electrons. The van der Waals surface area contributed by atoms with Gasteiger partial charge in [0.2, 0.25) is 0 Å². The Morgan fingerprint density at radius 1 is 0.862 bits per heavy atom. The largest absolute Gasteiger partial charge is 0.416 e. The van der Waals surface area contributed by atoms with Crippen molar-refractivity contribution in [3.8, 4) is 0 Å². The third-order valence-corrected chi connectivity index (χ3v) is 6.73. The SMILES string of the molecule is CC=CC=CCO[C@H]1CC[C@H]([C@H]2CC[C@H](c3ccc(C(F)(F)F)cc3)CC2)CC1. The molecule has 3 rings (SSSR count). The first-order valence-electron chi connectivity index (χ1n) is 11.0. The van der Waals surface area contributed by atoms with Gasteiger partial charge in [-0.25, -0.2) is 0 Å². The molecule has 0 saturated heterocycles. The maximum Gasteiger partial charge on any atom is 0.416 e. The van der Waals surface area contributed by atoms with Gasteiger partial charge in [-0.05, 0) is 93.7 Å². The monoisotopic (exact) mass is 406 g/mol. The molecule has 0 radical (unpaired) electrons. The lowest BCUT2D eigenvalue weighted by molar-refractivity contribution is -0.137. The van der Waals surface area contributed by atoms with Crippen molar-refractivity contribution < 1.29 is 17.9 Å². The van der Waals surface area contributed by atoms with Crippen molar-refractivity contribution in [2.24, 2.45) is 11.8 Å². The van der Waals surface area contributed by atoms with E-state index in [9.17, 15) is 13.2 Å². The van der Waals surface area contributed by atoms with Crippen molar-refractivity contribution in [3.63, 3.8) is 0 Å². The van der Waals surface area contributed by atoms with Crippen molar-refractivity contribution in [1.29, 1.82) is 0 Å². The Labute approximate surface area is 173 Å². The second-order valence-corrected chi connectivity index (χ2v) is 8.56. The molecule has 0 unspecified atom stereocenters. The summed E-state index contributed by atoms with van der Waals surface area (Å²) in [5, 5.41) is 0. The molecule has 0 aliphatic heterocycles. The van der Waals surface area contributed by atoms with Crippen LogP contribution in [0.2, 0.25) is 0 Å². The van der Waals surface area contributed by atoms with Crippen molar-refractivity contribution in [1.82, 2.24) is 0 Å². The predicted octanol–water partition coefficient (Wildman–Crippen LogP) is 7.69. The van der Waals surface area contributed by atoms with Gasteiger partial charge in [-0.3, -0.25) is 0 Å². The van der Waals surface area contributed by atoms with Crippen LogP contribution in [0.4, 0.5) is 13.2 Å². The van der Waals surface area contributed by atoms with Crippen LogP contribution in [0.5, 0.6) is 0 Å². The fourth-order valence-electron chi connectivity index (χ4n) is 5.03. The lowest BCUT2D eigenvalue weighted by Gasteiger charge is -2.38. The van der Waals surface area contributed by atoms with Crippen LogP contribution in [-0.2, 0) is 10.9 Å². The van der Waals surface area contributed by atoms with Crippen LogP contribution in [0.25, 0.3) is 0 Å². The average Bonchev–Trinajstić information content (AvgIpc) is 2.74. The Bertz CT molecular complexity index is 658. The molecule has 0 bridgehead atoms. The number of benzene rings is 1. The van der Waals surface area contributed by atoms with Crippen LogP contribution >= 0.6 is 0 Å². The standard InChI is InChI=1S/C25H33F3O/c1-2-3-4-5-18-29-24-16-12-22(13-17-24)20-8-6-19(7-9-20)21-10-14-23(15-11-21)25(26,27)28/h2-5,10-11,14-15,19-20,22,24H,6-9,12-13,16-18H2,1H3/t19-,20-,22-,24-. The molecule has 4 heteroatoms. The topological polar surface area (TPSA) is 9.23 Å². The number of hydrogen-bond acceptors (Lipinski definition) is 1. The zero-order chi connectivity index (χ0) is 20.7. The van der Waals surface area contributed by atoms with E-state index in [2.05, 4.69) is 6.08 Å². The summed E-state index contributed by atoms with van der Waals surface area (Å²) < 4.78 is 44.2. The Morgan fingerprint density at radius 2 is 1.45 bits per heavy atom. The highest BCUT2D eigenvalue weighted by Crippen LogP contribution is 2.43. The van der Waals surface area contributed by atoms with Gasteiger partial charge in [0.25, 0.3) is 0 Å². The number of halogens is 3. The van der Waals surface area contributed by atoms with E-state index in [1.54, 1.807) is 12.1 Å². The normalized spacial score (nSPS) is 29.0. The van der Waals surface area contributed by atoms with Crippen molar-refractivity contribution in [2.45, 2.75) is 76.5 Å². The van der Waals surface area contributed by atoms with Crippen LogP contribution in [0.3, 0.4) is 0 Å². The molecule has 2 aliphatic rings. The van der Waals surface area contributed by atoms with E-state index in [4.69, 9.17) is 4.74 Å². The fraction of sp³-hybridized carbons (Fsp3) is 0.600. The van der Waals surface area contributed by atoms with E-state index in [1.807, 2.05) is 25.2 Å². The Hall–Kier alpha value is -1.55. The zero-order valence-corrected chi connectivity index (χ0v) is 17.3. The summed E-state index contributed by atoms with van der Waals surface area (Å²) in [5.74, 6) is 1.98. The highest BCUT2D eigenvalue weighted by Gasteiger charge is 2.33. The maximum atomic E-state index is 12.7. The predicted molar refractivity (Wildman–Crippen MR) is 112 cm³/mol. The van der Waals surface area contributed by atoms with Gasteiger partial charge < -0.3 is 4.74 Å². The smallest absolute Gasteiger partial charge is 0.374 e. The van der Waals surface area contributed by atoms with E-state index in [-0.39, 0.29) is 0 Å². The van der Waals surface area contributed by atoms with E-state index in [0.717, 1.165) is 43.1 Å². The number of ether oxygens (including phenoxy) is 1. The summed E-state index contributed by atoms with van der Waals surface area (Å²) in [6, 6.07) is 5.83. The van der Waals surface area contributed by atoms with Gasteiger partial charge in [0.1, 0.15) is 0 Å². The Kier molecular flexibility index (Phi) is 7.99. The van der Waals surface area contributed by atoms with Gasteiger partial charge in [-0.2, -0.15) is 13.2 Å². The minimum absolute atomic E-state index is 0.394. The second kappa shape index (κ2) is 10.5. The quantitative estimate of drug-likeness (QED) is 0.440. The molecule has 0 atom stereocenters. The molecule has 2 fully saturated rings. The third kappa shape index (κ3) is 6.47. The lowest BCUT2D eigenvalue weighted by Crippen LogP contribution is -2.28. The summed E-state index contributed by atoms with van der Waals surface area (Å²) in [7, 11) is 0. The van der Waals surface area contributed by atoms with Gasteiger partial charge in [-0.15, -0.1) is 0 Å². The average molecular weight is 407 g/mol. The van der Waals surface area contributed by atoms with E-state index in [0.29, 0.717) is 18.6 Å². The molecule has 0 aromatic heterocycles. The van der Waals surface area contributed by atoms with E-state index < -0.39 is 11.7 Å². The zero-order valence-electron chi connectivity index (χ0n) is 17.3. The molecular weight excluding hydrogens is 373 g/mol. The highest BCUT2D eigenvalue weighted by atomic mass is 19.4. The first-order valence-corrected chi connectivity index (χ1v) is 11.0. The van der Waals surface area contributed by atoms with Crippen molar-refractivity contribution >= 4 is 0 Å². The third-order valence-electron chi connectivity index (χ3n) is 6.73. The molecule has 2 aliphatic carbocycles. The molecule has 0 spiro atoms. The molecule has 29 heavy (non-hydrogen) atoms. The number of alkyl halides is 3. The van der Waals surface area contributed by atoms with Crippen LogP contribution in [0.15, 0.2) is 48.6 Å². The minimum Gasteiger partial charge on any atom is -0.374 e. The van der Waals surface area contributed by atoms with Gasteiger partial charge in [-0.1, -0.05) is 36.4 Å². The number of rotatable bonds is 6. The van der Waals surface area contributed by atoms with Crippen molar-refractivity contribution in [3.05, 3.63) is 59.7 Å². The van der Waals surface area contributed by atoms with Crippen LogP contribution < -0.4 is 0 Å². The summed E-state index contributed by atoms with van der Waals surface area (Å²) in [6.45, 7) is 2.70. The van der Waals surface area contributed by atoms with E-state index >= 15 is 0 Å². The molecule has 0 N–H and O–H groups in total. The Balaban J connectivity index is 1.40. The second-order valence-electron chi connectivity index (χ2n) is 8.56. The number of hydrogen-bond donors (Lipinski definition) is 0. The first kappa shape index (κ1) is 22.1. The molecule has 1 aromatic rings. The molecule has 0 heterocycles. The summed E-state index contributed by atoms with van der Waals surface area (Å²) in [6.07, 6.45) is 13.7. The van der Waals surface area contributed by atoms with Crippen LogP contribution in [-0.4, -0.2) is 12.7 Å². The van der Waals surface area contributed by atoms with Gasteiger partial charge in [0.05, 0.1) is 18.3 Å². The molecule has 2 saturated carbocycles. The molecular formula is C25H33F3O. The maximum absolute atomic E-state index is 12.7. The minimum atomic E-state index is -4.25. The van der Waals surface area contributed by atoms with Gasteiger partial charge in [0.15, 0.2) is 0 Å². The van der Waals surface area contributed by atoms with Crippen molar-refractivity contribution in [2.75, 3.05) is 6.61 Å². The number of allylic oxidation sites excluding steroid dienone is 3.